The fourth-order valence-corrected chi connectivity index (χ4v) is 6.20. The maximum atomic E-state index is 14.0. The molecule has 1 spiro atoms. The van der Waals surface area contributed by atoms with Crippen molar-refractivity contribution in [1.29, 1.82) is 0 Å². The lowest BCUT2D eigenvalue weighted by molar-refractivity contribution is -0.144. The maximum Gasteiger partial charge on any atom is 0.335 e. The average molecular weight is 437 g/mol. The number of nitrogens with zero attached hydrogens (tertiary/aromatic N) is 2. The van der Waals surface area contributed by atoms with E-state index in [-0.39, 0.29) is 19.3 Å². The number of hydrogen-bond acceptors (Lipinski definition) is 7. The molecular weight excluding hydrogens is 418 g/mol. The van der Waals surface area contributed by atoms with Gasteiger partial charge >= 0.3 is 6.03 Å². The van der Waals surface area contributed by atoms with Gasteiger partial charge in [-0.2, -0.15) is 11.8 Å². The summed E-state index contributed by atoms with van der Waals surface area (Å²) in [6, 6.07) is 11.7. The first-order valence-corrected chi connectivity index (χ1v) is 11.3. The van der Waals surface area contributed by atoms with E-state index in [9.17, 15) is 14.4 Å². The lowest BCUT2D eigenvalue weighted by atomic mass is 9.69. The molecule has 4 aliphatic heterocycles. The number of amides is 4. The predicted molar refractivity (Wildman–Crippen MR) is 115 cm³/mol. The summed E-state index contributed by atoms with van der Waals surface area (Å²) in [6.45, 7) is 0.832. The van der Waals surface area contributed by atoms with E-state index in [2.05, 4.69) is 10.2 Å². The zero-order valence-electron chi connectivity index (χ0n) is 16.5. The molecule has 0 radical (unpaired) electrons. The molecule has 4 heterocycles. The van der Waals surface area contributed by atoms with Crippen LogP contribution in [0.1, 0.15) is 5.56 Å². The van der Waals surface area contributed by atoms with Crippen molar-refractivity contribution in [2.75, 3.05) is 34.6 Å². The zero-order chi connectivity index (χ0) is 21.2. The second-order valence-corrected chi connectivity index (χ2v) is 9.15. The molecule has 0 aliphatic carbocycles. The summed E-state index contributed by atoms with van der Waals surface area (Å²) >= 11 is 1.73. The number of fused-ring (bicyclic) bond motifs is 5. The Hall–Kier alpha value is -3.20. The largest absolute Gasteiger partial charge is 0.454 e. The Labute approximate surface area is 182 Å². The molecule has 9 heteroatoms. The highest BCUT2D eigenvalue weighted by atomic mass is 32.2. The predicted octanol–water partition coefficient (Wildman–Crippen LogP) is 2.16. The smallest absolute Gasteiger partial charge is 0.335 e. The third-order valence-electron chi connectivity index (χ3n) is 6.50. The van der Waals surface area contributed by atoms with E-state index < -0.39 is 23.3 Å². The summed E-state index contributed by atoms with van der Waals surface area (Å²) in [4.78, 5) is 43.5. The molecule has 0 saturated carbocycles. The fourth-order valence-electron chi connectivity index (χ4n) is 5.02. The molecule has 4 aliphatic rings. The molecule has 8 nitrogen and oxygen atoms in total. The van der Waals surface area contributed by atoms with Crippen LogP contribution in [-0.4, -0.2) is 48.7 Å². The molecular formula is C22H19N3O5S. The number of carbonyl (C=O) groups is 3. The Morgan fingerprint density at radius 1 is 1.06 bits per heavy atom. The summed E-state index contributed by atoms with van der Waals surface area (Å²) in [5.74, 6) is 1.56. The maximum absolute atomic E-state index is 14.0. The number of hydrogen-bond donors (Lipinski definition) is 1. The molecule has 6 rings (SSSR count). The summed E-state index contributed by atoms with van der Waals surface area (Å²) in [6.07, 6.45) is 0.254. The van der Waals surface area contributed by atoms with Gasteiger partial charge in [-0.15, -0.1) is 0 Å². The first kappa shape index (κ1) is 18.6. The quantitative estimate of drug-likeness (QED) is 0.684. The number of thioether (sulfide) groups is 1. The van der Waals surface area contributed by atoms with E-state index in [0.29, 0.717) is 22.9 Å². The van der Waals surface area contributed by atoms with E-state index in [1.54, 1.807) is 30.0 Å². The minimum absolute atomic E-state index is 0.0897. The van der Waals surface area contributed by atoms with Gasteiger partial charge in [0, 0.05) is 29.8 Å². The van der Waals surface area contributed by atoms with Crippen LogP contribution in [0, 0.1) is 5.41 Å². The topological polar surface area (TPSA) is 88.2 Å². The van der Waals surface area contributed by atoms with Crippen LogP contribution >= 0.6 is 11.8 Å². The molecule has 2 saturated heterocycles. The van der Waals surface area contributed by atoms with Crippen LogP contribution in [-0.2, 0) is 16.0 Å². The standard InChI is InChI=1S/C22H19N3O5S/c26-19-22(10-13-3-1-2-4-15(13)24-7-8-31-11-18(22)24)20(27)25(21(28)23-19)14-5-6-16-17(9-14)30-12-29-16/h1-6,9,18H,7-8,10-12H2,(H,23,26,28)/t18-,22+/m1/s1. The highest BCUT2D eigenvalue weighted by molar-refractivity contribution is 7.99. The SMILES string of the molecule is O=C1NC(=O)[C@@]2(Cc3ccccc3N3CCSC[C@@H]32)C(=O)N1c1ccc2c(c1)OCO2. The van der Waals surface area contributed by atoms with Gasteiger partial charge in [0.15, 0.2) is 16.9 Å². The zero-order valence-corrected chi connectivity index (χ0v) is 17.3. The molecule has 0 bridgehead atoms. The van der Waals surface area contributed by atoms with Gasteiger partial charge in [0.05, 0.1) is 11.7 Å². The molecule has 2 atom stereocenters. The number of para-hydroxylation sites is 1. The minimum Gasteiger partial charge on any atom is -0.454 e. The Morgan fingerprint density at radius 3 is 2.81 bits per heavy atom. The number of carbonyl (C=O) groups excluding carboxylic acids is 3. The number of nitrogens with one attached hydrogen (secondary N) is 1. The van der Waals surface area contributed by atoms with Crippen LogP contribution < -0.4 is 24.6 Å². The number of urea groups is 1. The van der Waals surface area contributed by atoms with Crippen LogP contribution in [0.5, 0.6) is 11.5 Å². The van der Waals surface area contributed by atoms with Gasteiger partial charge in [-0.3, -0.25) is 14.9 Å². The highest BCUT2D eigenvalue weighted by Gasteiger charge is 2.62. The van der Waals surface area contributed by atoms with E-state index in [1.165, 1.54) is 0 Å². The van der Waals surface area contributed by atoms with Gasteiger partial charge < -0.3 is 14.4 Å². The average Bonchev–Trinajstić information content (AvgIpc) is 3.26. The van der Waals surface area contributed by atoms with Crippen molar-refractivity contribution < 1.29 is 23.9 Å². The lowest BCUT2D eigenvalue weighted by Gasteiger charge is -2.53. The normalized spacial score (nSPS) is 26.6. The van der Waals surface area contributed by atoms with Crippen molar-refractivity contribution in [2.24, 2.45) is 5.41 Å². The van der Waals surface area contributed by atoms with Crippen molar-refractivity contribution in [2.45, 2.75) is 12.5 Å². The summed E-state index contributed by atoms with van der Waals surface area (Å²) in [5, 5.41) is 2.47. The third-order valence-corrected chi connectivity index (χ3v) is 7.52. The van der Waals surface area contributed by atoms with E-state index in [0.717, 1.165) is 28.4 Å². The Kier molecular flexibility index (Phi) is 3.98. The number of imide groups is 2. The first-order chi connectivity index (χ1) is 15.1. The van der Waals surface area contributed by atoms with Crippen molar-refractivity contribution >= 4 is 41.0 Å². The minimum atomic E-state index is -1.38. The van der Waals surface area contributed by atoms with Crippen LogP contribution in [0.2, 0.25) is 0 Å². The summed E-state index contributed by atoms with van der Waals surface area (Å²) in [7, 11) is 0. The Bertz CT molecular complexity index is 1140. The number of rotatable bonds is 1. The summed E-state index contributed by atoms with van der Waals surface area (Å²) < 4.78 is 10.8. The lowest BCUT2D eigenvalue weighted by Crippen LogP contribution is -2.73. The van der Waals surface area contributed by atoms with Gasteiger partial charge in [-0.25, -0.2) is 9.69 Å². The first-order valence-electron chi connectivity index (χ1n) is 10.1. The number of anilines is 2. The molecule has 0 aromatic heterocycles. The van der Waals surface area contributed by atoms with Crippen molar-refractivity contribution in [3.8, 4) is 11.5 Å². The molecule has 158 valence electrons. The molecule has 0 unspecified atom stereocenters. The Balaban J connectivity index is 1.48. The van der Waals surface area contributed by atoms with Crippen molar-refractivity contribution in [3.63, 3.8) is 0 Å². The third kappa shape index (κ3) is 2.52. The number of ether oxygens (including phenoxy) is 2. The van der Waals surface area contributed by atoms with Crippen molar-refractivity contribution in [1.82, 2.24) is 5.32 Å². The van der Waals surface area contributed by atoms with Gasteiger partial charge in [0.1, 0.15) is 0 Å². The van der Waals surface area contributed by atoms with Gasteiger partial charge in [-0.05, 0) is 30.2 Å². The monoisotopic (exact) mass is 437 g/mol. The van der Waals surface area contributed by atoms with E-state index in [1.807, 2.05) is 24.3 Å². The van der Waals surface area contributed by atoms with Gasteiger partial charge in [0.2, 0.25) is 12.7 Å². The fraction of sp³-hybridized carbons (Fsp3) is 0.318. The molecule has 1 N–H and O–H groups in total. The summed E-state index contributed by atoms with van der Waals surface area (Å²) in [5.41, 5.74) is 0.971. The van der Waals surface area contributed by atoms with Gasteiger partial charge in [-0.1, -0.05) is 18.2 Å². The number of benzene rings is 2. The second kappa shape index (κ2) is 6.65. The Morgan fingerprint density at radius 2 is 1.90 bits per heavy atom. The second-order valence-electron chi connectivity index (χ2n) is 8.00. The highest BCUT2D eigenvalue weighted by Crippen LogP contribution is 2.47. The van der Waals surface area contributed by atoms with E-state index >= 15 is 0 Å². The molecule has 31 heavy (non-hydrogen) atoms. The van der Waals surface area contributed by atoms with Crippen LogP contribution in [0.3, 0.4) is 0 Å². The molecule has 2 aromatic carbocycles. The van der Waals surface area contributed by atoms with E-state index in [4.69, 9.17) is 9.47 Å². The van der Waals surface area contributed by atoms with Crippen LogP contribution in [0.4, 0.5) is 16.2 Å². The molecule has 4 amide bonds. The van der Waals surface area contributed by atoms with Crippen molar-refractivity contribution in [3.05, 3.63) is 48.0 Å². The molecule has 2 aromatic rings. The molecule has 2 fully saturated rings. The van der Waals surface area contributed by atoms with Crippen LogP contribution in [0.25, 0.3) is 0 Å². The number of barbiturate groups is 1. The van der Waals surface area contributed by atoms with Gasteiger partial charge in [0.25, 0.3) is 5.91 Å². The van der Waals surface area contributed by atoms with Crippen LogP contribution in [0.15, 0.2) is 42.5 Å².